The van der Waals surface area contributed by atoms with Gasteiger partial charge in [0, 0.05) is 18.1 Å². The Morgan fingerprint density at radius 2 is 1.85 bits per heavy atom. The molecular weight excluding hydrogens is 358 g/mol. The number of hydrogen-bond donors (Lipinski definition) is 1. The summed E-state index contributed by atoms with van der Waals surface area (Å²) >= 11 is 0. The van der Waals surface area contributed by atoms with E-state index in [0.717, 1.165) is 0 Å². The van der Waals surface area contributed by atoms with Crippen LogP contribution in [0.25, 0.3) is 21.8 Å². The summed E-state index contributed by atoms with van der Waals surface area (Å²) in [5.41, 5.74) is 1.28. The van der Waals surface area contributed by atoms with Crippen molar-refractivity contribution in [3.8, 4) is 5.75 Å². The Kier molecular flexibility index (Phi) is 4.80. The number of benzene rings is 2. The van der Waals surface area contributed by atoms with Crippen molar-refractivity contribution in [1.29, 1.82) is 0 Å². The lowest BCUT2D eigenvalue weighted by molar-refractivity contribution is -0.645. The largest absolute Gasteiger partial charge is 0.545 e. The molecule has 7 nitrogen and oxygen atoms in total. The van der Waals surface area contributed by atoms with Gasteiger partial charge in [0.2, 0.25) is 11.0 Å². The maximum atomic E-state index is 11.8. The fraction of sp³-hybridized carbons (Fsp3) is 0.222. The molecule has 0 radical (unpaired) electrons. The molecule has 0 bridgehead atoms. The number of carboxylic acids is 1. The van der Waals surface area contributed by atoms with Gasteiger partial charge in [0.15, 0.2) is 6.54 Å². The number of carbonyl (C=O) groups is 1. The first kappa shape index (κ1) is 18.1. The van der Waals surface area contributed by atoms with Crippen LogP contribution >= 0.6 is 0 Å². The maximum Gasteiger partial charge on any atom is 0.265 e. The zero-order valence-electron chi connectivity index (χ0n) is 14.0. The predicted molar refractivity (Wildman–Crippen MR) is 93.6 cm³/mol. The van der Waals surface area contributed by atoms with Gasteiger partial charge in [-0.15, -0.1) is 0 Å². The summed E-state index contributed by atoms with van der Waals surface area (Å²) in [6.45, 7) is 0.275. The highest BCUT2D eigenvalue weighted by Crippen LogP contribution is 2.27. The lowest BCUT2D eigenvalue weighted by Gasteiger charge is -2.13. The fourth-order valence-corrected chi connectivity index (χ4v) is 3.63. The van der Waals surface area contributed by atoms with Gasteiger partial charge in [0.1, 0.15) is 5.75 Å². The number of pyridine rings is 1. The highest BCUT2D eigenvalue weighted by molar-refractivity contribution is 7.85. The molecule has 0 aliphatic rings. The minimum Gasteiger partial charge on any atom is -0.545 e. The van der Waals surface area contributed by atoms with Crippen molar-refractivity contribution in [3.63, 3.8) is 0 Å². The molecule has 0 saturated carbocycles. The Hall–Kier alpha value is -2.71. The lowest BCUT2D eigenvalue weighted by atomic mass is 10.0. The number of hydrogen-bond acceptors (Lipinski definition) is 5. The van der Waals surface area contributed by atoms with E-state index in [2.05, 4.69) is 0 Å². The van der Waals surface area contributed by atoms with Gasteiger partial charge >= 0.3 is 0 Å². The van der Waals surface area contributed by atoms with Gasteiger partial charge in [-0.2, -0.15) is 13.0 Å². The van der Waals surface area contributed by atoms with Crippen LogP contribution in [0.4, 0.5) is 0 Å². The minimum absolute atomic E-state index is 0.0734. The number of aromatic nitrogens is 1. The van der Waals surface area contributed by atoms with Crippen LogP contribution in [0.2, 0.25) is 0 Å². The third-order valence-corrected chi connectivity index (χ3v) is 5.02. The monoisotopic (exact) mass is 375 g/mol. The molecule has 0 spiro atoms. The number of para-hydroxylation sites is 1. The van der Waals surface area contributed by atoms with Crippen LogP contribution in [0.1, 0.15) is 16.8 Å². The molecule has 0 amide bonds. The fourth-order valence-electron chi connectivity index (χ4n) is 3.13. The van der Waals surface area contributed by atoms with Crippen molar-refractivity contribution in [1.82, 2.24) is 0 Å². The summed E-state index contributed by atoms with van der Waals surface area (Å²) in [5.74, 6) is -1.13. The Morgan fingerprint density at radius 1 is 1.15 bits per heavy atom. The number of aromatic carboxylic acids is 1. The topological polar surface area (TPSA) is 108 Å². The van der Waals surface area contributed by atoms with Crippen molar-refractivity contribution in [2.75, 3.05) is 12.9 Å². The van der Waals surface area contributed by atoms with E-state index in [0.29, 0.717) is 27.6 Å². The first-order valence-electron chi connectivity index (χ1n) is 7.90. The maximum absolute atomic E-state index is 11.8. The average Bonchev–Trinajstić information content (AvgIpc) is 2.59. The first-order valence-corrected chi connectivity index (χ1v) is 9.51. The third-order valence-electron chi connectivity index (χ3n) is 4.22. The summed E-state index contributed by atoms with van der Waals surface area (Å²) in [6, 6.07) is 11.9. The molecule has 26 heavy (non-hydrogen) atoms. The number of rotatable bonds is 6. The highest BCUT2D eigenvalue weighted by atomic mass is 32.2. The molecular formula is C18H17NO6S. The molecule has 136 valence electrons. The van der Waals surface area contributed by atoms with Crippen molar-refractivity contribution >= 4 is 37.9 Å². The van der Waals surface area contributed by atoms with Crippen molar-refractivity contribution < 1.29 is 32.2 Å². The molecule has 0 fully saturated rings. The second kappa shape index (κ2) is 6.89. The van der Waals surface area contributed by atoms with E-state index >= 15 is 0 Å². The summed E-state index contributed by atoms with van der Waals surface area (Å²) < 4.78 is 38.1. The molecule has 8 heteroatoms. The van der Waals surface area contributed by atoms with Crippen molar-refractivity contribution in [2.24, 2.45) is 0 Å². The molecule has 3 aromatic rings. The van der Waals surface area contributed by atoms with Crippen LogP contribution in [-0.4, -0.2) is 31.8 Å². The normalized spacial score (nSPS) is 11.8. The van der Waals surface area contributed by atoms with Crippen LogP contribution in [0.3, 0.4) is 0 Å². The number of ether oxygens (including phenoxy) is 1. The molecule has 0 unspecified atom stereocenters. The standard InChI is InChI=1S/C18H17NO6S/c1-25-12-7-8-14-16(11-12)19(9-4-10-26(22,23)24)15-6-3-2-5-13(15)17(14)18(20)21/h2-3,5-8,11H,4,9-10H2,1H3,(H-,20,21,22,23,24). The number of aryl methyl sites for hydroxylation is 1. The molecule has 0 aliphatic heterocycles. The lowest BCUT2D eigenvalue weighted by Crippen LogP contribution is -2.38. The van der Waals surface area contributed by atoms with Gasteiger partial charge < -0.3 is 14.6 Å². The molecule has 1 heterocycles. The SMILES string of the molecule is COc1ccc2c(C(=O)[O-])c3ccccc3[n+](CCCS(=O)(=O)O)c2c1. The van der Waals surface area contributed by atoms with E-state index in [-0.39, 0.29) is 24.3 Å². The Morgan fingerprint density at radius 3 is 2.50 bits per heavy atom. The summed E-state index contributed by atoms with van der Waals surface area (Å²) in [4.78, 5) is 11.8. The molecule has 0 aliphatic carbocycles. The van der Waals surface area contributed by atoms with Crippen LogP contribution in [0, 0.1) is 0 Å². The average molecular weight is 375 g/mol. The smallest absolute Gasteiger partial charge is 0.265 e. The molecule has 2 aromatic carbocycles. The number of methoxy groups -OCH3 is 1. The molecule has 0 atom stereocenters. The third kappa shape index (κ3) is 3.47. The second-order valence-corrected chi connectivity index (χ2v) is 7.43. The van der Waals surface area contributed by atoms with Gasteiger partial charge in [-0.25, -0.2) is 0 Å². The van der Waals surface area contributed by atoms with Crippen molar-refractivity contribution in [3.05, 3.63) is 48.0 Å². The Labute approximate surface area is 150 Å². The number of nitrogens with zero attached hydrogens (tertiary/aromatic N) is 1. The summed E-state index contributed by atoms with van der Waals surface area (Å²) in [6.07, 6.45) is 0.171. The van der Waals surface area contributed by atoms with Gasteiger partial charge in [-0.3, -0.25) is 4.55 Å². The Balaban J connectivity index is 2.31. The van der Waals surface area contributed by atoms with Gasteiger partial charge in [0.25, 0.3) is 10.1 Å². The minimum atomic E-state index is -4.08. The van der Waals surface area contributed by atoms with Crippen molar-refractivity contribution in [2.45, 2.75) is 13.0 Å². The molecule has 1 aromatic heterocycles. The second-order valence-electron chi connectivity index (χ2n) is 5.85. The zero-order valence-corrected chi connectivity index (χ0v) is 14.8. The predicted octanol–water partition coefficient (Wildman–Crippen LogP) is 0.931. The molecule has 3 rings (SSSR count). The Bertz CT molecular complexity index is 1110. The summed E-state index contributed by atoms with van der Waals surface area (Å²) in [7, 11) is -2.57. The van der Waals surface area contributed by atoms with E-state index < -0.39 is 16.1 Å². The zero-order chi connectivity index (χ0) is 18.9. The number of fused-ring (bicyclic) bond motifs is 2. The number of carboxylic acid groups (broad SMARTS) is 1. The van der Waals surface area contributed by atoms with E-state index in [4.69, 9.17) is 9.29 Å². The van der Waals surface area contributed by atoms with Gasteiger partial charge in [-0.1, -0.05) is 12.1 Å². The van der Waals surface area contributed by atoms with Crippen LogP contribution in [-0.2, 0) is 16.7 Å². The van der Waals surface area contributed by atoms with E-state index in [9.17, 15) is 18.3 Å². The van der Waals surface area contributed by atoms with E-state index in [1.165, 1.54) is 7.11 Å². The molecule has 1 N–H and O–H groups in total. The first-order chi connectivity index (χ1) is 12.3. The highest BCUT2D eigenvalue weighted by Gasteiger charge is 2.22. The molecule has 0 saturated heterocycles. The summed E-state index contributed by atoms with van der Waals surface area (Å²) in [5, 5.41) is 12.7. The van der Waals surface area contributed by atoms with Crippen LogP contribution in [0.5, 0.6) is 5.75 Å². The number of carbonyl (C=O) groups excluding carboxylic acids is 1. The van der Waals surface area contributed by atoms with E-state index in [1.54, 1.807) is 42.5 Å². The van der Waals surface area contributed by atoms with Gasteiger partial charge in [-0.05, 0) is 18.2 Å². The van der Waals surface area contributed by atoms with Gasteiger partial charge in [0.05, 0.1) is 35.7 Å². The van der Waals surface area contributed by atoms with Crippen LogP contribution in [0.15, 0.2) is 42.5 Å². The van der Waals surface area contributed by atoms with E-state index in [1.807, 2.05) is 4.57 Å². The van der Waals surface area contributed by atoms with Crippen LogP contribution < -0.4 is 14.4 Å². The quantitative estimate of drug-likeness (QED) is 0.390.